The highest BCUT2D eigenvalue weighted by molar-refractivity contribution is 5.95. The Morgan fingerprint density at radius 3 is 3.00 bits per heavy atom. The molecule has 2 fully saturated rings. The predicted molar refractivity (Wildman–Crippen MR) is 106 cm³/mol. The normalized spacial score (nSPS) is 21.6. The van der Waals surface area contributed by atoms with Crippen LogP contribution in [-0.4, -0.2) is 45.4 Å². The van der Waals surface area contributed by atoms with E-state index >= 15 is 0 Å². The van der Waals surface area contributed by atoms with Crippen LogP contribution in [0.5, 0.6) is 5.75 Å². The molecule has 4 heterocycles. The van der Waals surface area contributed by atoms with Crippen molar-refractivity contribution in [2.75, 3.05) is 13.1 Å². The number of imidazole rings is 1. The summed E-state index contributed by atoms with van der Waals surface area (Å²) < 4.78 is 7.91. The zero-order chi connectivity index (χ0) is 18.9. The van der Waals surface area contributed by atoms with Gasteiger partial charge in [-0.3, -0.25) is 4.79 Å². The van der Waals surface area contributed by atoms with E-state index in [1.54, 1.807) is 0 Å². The number of nitrogens with one attached hydrogen (secondary N) is 1. The van der Waals surface area contributed by atoms with Gasteiger partial charge < -0.3 is 19.4 Å². The Hall–Kier alpha value is -2.86. The van der Waals surface area contributed by atoms with Gasteiger partial charge in [0.05, 0.1) is 5.69 Å². The third kappa shape index (κ3) is 3.24. The Balaban J connectivity index is 1.31. The van der Waals surface area contributed by atoms with Gasteiger partial charge in [-0.25, -0.2) is 4.98 Å². The van der Waals surface area contributed by atoms with Crippen molar-refractivity contribution in [1.82, 2.24) is 19.6 Å². The van der Waals surface area contributed by atoms with Crippen LogP contribution >= 0.6 is 0 Å². The van der Waals surface area contributed by atoms with Crippen LogP contribution in [0.25, 0.3) is 5.65 Å². The number of benzene rings is 1. The van der Waals surface area contributed by atoms with Gasteiger partial charge in [-0.2, -0.15) is 0 Å². The van der Waals surface area contributed by atoms with E-state index in [-0.39, 0.29) is 5.91 Å². The van der Waals surface area contributed by atoms with E-state index in [0.29, 0.717) is 30.0 Å². The zero-order valence-corrected chi connectivity index (χ0v) is 15.8. The molecule has 2 bridgehead atoms. The minimum atomic E-state index is 0.120. The van der Waals surface area contributed by atoms with Gasteiger partial charge in [0, 0.05) is 36.6 Å². The highest BCUT2D eigenvalue weighted by atomic mass is 16.5. The van der Waals surface area contributed by atoms with E-state index in [1.165, 1.54) is 0 Å². The molecular weight excluding hydrogens is 352 g/mol. The first kappa shape index (κ1) is 17.3. The predicted octanol–water partition coefficient (Wildman–Crippen LogP) is 2.88. The Kier molecular flexibility index (Phi) is 4.49. The highest BCUT2D eigenvalue weighted by Crippen LogP contribution is 2.30. The SMILES string of the molecule is O=C(c1cccc(OCc2cn3ccccc3n2)c1)N1C2CCNCC1CC2. The lowest BCUT2D eigenvalue weighted by molar-refractivity contribution is 0.0680. The second kappa shape index (κ2) is 7.28. The average molecular weight is 376 g/mol. The Labute approximate surface area is 164 Å². The topological polar surface area (TPSA) is 58.9 Å². The van der Waals surface area contributed by atoms with Crippen molar-refractivity contribution in [2.45, 2.75) is 38.0 Å². The van der Waals surface area contributed by atoms with Gasteiger partial charge in [-0.15, -0.1) is 0 Å². The first-order chi connectivity index (χ1) is 13.8. The van der Waals surface area contributed by atoms with Crippen molar-refractivity contribution in [2.24, 2.45) is 0 Å². The lowest BCUT2D eigenvalue weighted by Crippen LogP contribution is -2.42. The van der Waals surface area contributed by atoms with Crippen molar-refractivity contribution in [1.29, 1.82) is 0 Å². The molecule has 0 spiro atoms. The molecule has 1 aromatic carbocycles. The summed E-state index contributed by atoms with van der Waals surface area (Å²) in [5.41, 5.74) is 2.46. The highest BCUT2D eigenvalue weighted by Gasteiger charge is 2.38. The molecule has 144 valence electrons. The maximum absolute atomic E-state index is 13.2. The summed E-state index contributed by atoms with van der Waals surface area (Å²) in [5.74, 6) is 0.817. The summed E-state index contributed by atoms with van der Waals surface area (Å²) >= 11 is 0. The number of amides is 1. The number of carbonyl (C=O) groups excluding carboxylic acids is 1. The van der Waals surface area contributed by atoms with Crippen LogP contribution < -0.4 is 10.1 Å². The van der Waals surface area contributed by atoms with E-state index < -0.39 is 0 Å². The molecule has 0 aliphatic carbocycles. The Morgan fingerprint density at radius 2 is 2.07 bits per heavy atom. The molecular formula is C22H24N4O2. The Bertz CT molecular complexity index is 952. The minimum absolute atomic E-state index is 0.120. The van der Waals surface area contributed by atoms with Crippen molar-refractivity contribution >= 4 is 11.6 Å². The van der Waals surface area contributed by atoms with Crippen LogP contribution in [0.3, 0.4) is 0 Å². The van der Waals surface area contributed by atoms with Crippen LogP contribution in [-0.2, 0) is 6.61 Å². The fourth-order valence-electron chi connectivity index (χ4n) is 4.40. The number of pyridine rings is 1. The molecule has 3 aromatic rings. The summed E-state index contributed by atoms with van der Waals surface area (Å²) in [6.45, 7) is 2.26. The first-order valence-corrected chi connectivity index (χ1v) is 9.97. The van der Waals surface area contributed by atoms with E-state index in [4.69, 9.17) is 4.74 Å². The molecule has 1 N–H and O–H groups in total. The zero-order valence-electron chi connectivity index (χ0n) is 15.8. The molecule has 2 aromatic heterocycles. The van der Waals surface area contributed by atoms with Crippen molar-refractivity contribution < 1.29 is 9.53 Å². The second-order valence-corrected chi connectivity index (χ2v) is 7.61. The number of nitrogens with zero attached hydrogens (tertiary/aromatic N) is 3. The monoisotopic (exact) mass is 376 g/mol. The molecule has 2 aliphatic heterocycles. The molecule has 1 amide bonds. The molecule has 0 saturated carbocycles. The summed E-state index contributed by atoms with van der Waals surface area (Å²) in [7, 11) is 0. The van der Waals surface area contributed by atoms with Crippen LogP contribution in [0.2, 0.25) is 0 Å². The number of carbonyl (C=O) groups is 1. The van der Waals surface area contributed by atoms with Crippen LogP contribution in [0, 0.1) is 0 Å². The van der Waals surface area contributed by atoms with E-state index in [0.717, 1.165) is 43.7 Å². The molecule has 28 heavy (non-hydrogen) atoms. The third-order valence-electron chi connectivity index (χ3n) is 5.77. The quantitative estimate of drug-likeness (QED) is 0.761. The van der Waals surface area contributed by atoms with E-state index in [9.17, 15) is 4.79 Å². The minimum Gasteiger partial charge on any atom is -0.487 e. The molecule has 5 rings (SSSR count). The van der Waals surface area contributed by atoms with Gasteiger partial charge in [-0.1, -0.05) is 12.1 Å². The average Bonchev–Trinajstić information content (AvgIpc) is 3.25. The molecule has 2 unspecified atom stereocenters. The number of ether oxygens (including phenoxy) is 1. The van der Waals surface area contributed by atoms with Gasteiger partial charge in [-0.05, 0) is 56.1 Å². The number of aromatic nitrogens is 2. The maximum Gasteiger partial charge on any atom is 0.254 e. The van der Waals surface area contributed by atoms with Crippen LogP contribution in [0.15, 0.2) is 54.9 Å². The van der Waals surface area contributed by atoms with Crippen molar-refractivity contribution in [3.63, 3.8) is 0 Å². The molecule has 2 aliphatic rings. The van der Waals surface area contributed by atoms with Gasteiger partial charge in [0.25, 0.3) is 5.91 Å². The number of rotatable bonds is 4. The molecule has 6 heteroatoms. The van der Waals surface area contributed by atoms with Crippen molar-refractivity contribution in [3.05, 3.63) is 66.1 Å². The summed E-state index contributed by atoms with van der Waals surface area (Å²) in [6, 6.07) is 14.1. The summed E-state index contributed by atoms with van der Waals surface area (Å²) in [4.78, 5) is 19.8. The first-order valence-electron chi connectivity index (χ1n) is 9.97. The van der Waals surface area contributed by atoms with Crippen molar-refractivity contribution in [3.8, 4) is 5.75 Å². The van der Waals surface area contributed by atoms with E-state index in [2.05, 4.69) is 15.2 Å². The molecule has 2 saturated heterocycles. The maximum atomic E-state index is 13.2. The fraction of sp³-hybridized carbons (Fsp3) is 0.364. The molecule has 0 radical (unpaired) electrons. The molecule has 6 nitrogen and oxygen atoms in total. The lowest BCUT2D eigenvalue weighted by atomic mass is 10.1. The number of hydrogen-bond acceptors (Lipinski definition) is 4. The Morgan fingerprint density at radius 1 is 1.14 bits per heavy atom. The van der Waals surface area contributed by atoms with Gasteiger partial charge in [0.2, 0.25) is 0 Å². The number of hydrogen-bond donors (Lipinski definition) is 1. The summed E-state index contributed by atoms with van der Waals surface area (Å²) in [6.07, 6.45) is 7.17. The standard InChI is InChI=1S/C22H24N4O2/c27-22(26-18-7-8-19(26)13-23-10-9-18)16-4-3-5-20(12-16)28-15-17-14-25-11-2-1-6-21(25)24-17/h1-6,11-12,14,18-19,23H,7-10,13,15H2. The largest absolute Gasteiger partial charge is 0.487 e. The smallest absolute Gasteiger partial charge is 0.254 e. The van der Waals surface area contributed by atoms with Gasteiger partial charge in [0.15, 0.2) is 0 Å². The summed E-state index contributed by atoms with van der Waals surface area (Å²) in [5, 5.41) is 3.45. The van der Waals surface area contributed by atoms with Crippen LogP contribution in [0.4, 0.5) is 0 Å². The fourth-order valence-corrected chi connectivity index (χ4v) is 4.40. The van der Waals surface area contributed by atoms with Gasteiger partial charge >= 0.3 is 0 Å². The third-order valence-corrected chi connectivity index (χ3v) is 5.77. The molecule has 2 atom stereocenters. The van der Waals surface area contributed by atoms with E-state index in [1.807, 2.05) is 59.3 Å². The lowest BCUT2D eigenvalue weighted by Gasteiger charge is -2.28. The van der Waals surface area contributed by atoms with Crippen LogP contribution in [0.1, 0.15) is 35.3 Å². The van der Waals surface area contributed by atoms with Gasteiger partial charge in [0.1, 0.15) is 18.0 Å². The number of fused-ring (bicyclic) bond motifs is 3. The second-order valence-electron chi connectivity index (χ2n) is 7.61.